The predicted molar refractivity (Wildman–Crippen MR) is 124 cm³/mol. The molecule has 1 nitrogen and oxygen atoms in total. The van der Waals surface area contributed by atoms with Gasteiger partial charge in [-0.15, -0.1) is 0 Å². The molecule has 0 amide bonds. The number of aromatic hydroxyl groups is 1. The van der Waals surface area contributed by atoms with E-state index in [9.17, 15) is 9.50 Å². The molecule has 2 heteroatoms. The standard InChI is InChI=1S/C28H39FO/c1-2-3-4-5-6-20-7-9-21(10-8-20)22-11-13-23(14-12-22)25-17-24-15-16-26(30)19-27(24)28(29)18-25/h15-23,30H,2-14H2,1H3. The lowest BCUT2D eigenvalue weighted by Gasteiger charge is -2.38. The summed E-state index contributed by atoms with van der Waals surface area (Å²) < 4.78 is 14.6. The average Bonchev–Trinajstić information content (AvgIpc) is 2.78. The van der Waals surface area contributed by atoms with Gasteiger partial charge in [-0.2, -0.15) is 0 Å². The monoisotopic (exact) mass is 410 g/mol. The molecule has 0 unspecified atom stereocenters. The van der Waals surface area contributed by atoms with Gasteiger partial charge in [0.05, 0.1) is 0 Å². The van der Waals surface area contributed by atoms with Crippen molar-refractivity contribution in [3.05, 3.63) is 41.7 Å². The Labute approximate surface area is 182 Å². The van der Waals surface area contributed by atoms with Gasteiger partial charge in [0.25, 0.3) is 0 Å². The molecule has 2 saturated carbocycles. The molecule has 2 aliphatic rings. The summed E-state index contributed by atoms with van der Waals surface area (Å²) in [6.07, 6.45) is 17.9. The second-order valence-corrected chi connectivity index (χ2v) is 10.2. The van der Waals surface area contributed by atoms with Gasteiger partial charge in [0.15, 0.2) is 0 Å². The largest absolute Gasteiger partial charge is 0.508 e. The van der Waals surface area contributed by atoms with Crippen LogP contribution in [0.25, 0.3) is 10.8 Å². The Morgan fingerprint density at radius 3 is 2.23 bits per heavy atom. The Morgan fingerprint density at radius 2 is 1.53 bits per heavy atom. The Bertz CT molecular complexity index is 813. The summed E-state index contributed by atoms with van der Waals surface area (Å²) in [6.45, 7) is 2.29. The zero-order valence-electron chi connectivity index (χ0n) is 18.7. The van der Waals surface area contributed by atoms with E-state index in [0.29, 0.717) is 11.3 Å². The number of halogens is 1. The third-order valence-corrected chi connectivity index (χ3v) is 8.18. The molecule has 0 atom stereocenters. The molecule has 0 heterocycles. The molecule has 0 bridgehead atoms. The van der Waals surface area contributed by atoms with Gasteiger partial charge in [-0.3, -0.25) is 0 Å². The van der Waals surface area contributed by atoms with Crippen LogP contribution in [-0.2, 0) is 0 Å². The van der Waals surface area contributed by atoms with E-state index in [0.717, 1.165) is 28.7 Å². The zero-order chi connectivity index (χ0) is 20.9. The molecule has 0 aromatic heterocycles. The van der Waals surface area contributed by atoms with Crippen LogP contribution in [0.2, 0.25) is 0 Å². The number of benzene rings is 2. The van der Waals surface area contributed by atoms with Crippen molar-refractivity contribution in [1.82, 2.24) is 0 Å². The van der Waals surface area contributed by atoms with Gasteiger partial charge in [-0.05, 0) is 91.3 Å². The van der Waals surface area contributed by atoms with Crippen molar-refractivity contribution in [3.63, 3.8) is 0 Å². The zero-order valence-corrected chi connectivity index (χ0v) is 18.7. The SMILES string of the molecule is CCCCCCC1CCC(C2CCC(c3cc(F)c4cc(O)ccc4c3)CC2)CC1. The van der Waals surface area contributed by atoms with Gasteiger partial charge >= 0.3 is 0 Å². The first-order valence-electron chi connectivity index (χ1n) is 12.6. The van der Waals surface area contributed by atoms with Crippen molar-refractivity contribution in [2.45, 2.75) is 96.3 Å². The second-order valence-electron chi connectivity index (χ2n) is 10.2. The fourth-order valence-electron chi connectivity index (χ4n) is 6.29. The summed E-state index contributed by atoms with van der Waals surface area (Å²) in [7, 11) is 0. The summed E-state index contributed by atoms with van der Waals surface area (Å²) >= 11 is 0. The van der Waals surface area contributed by atoms with E-state index in [1.165, 1.54) is 89.5 Å². The Morgan fingerprint density at radius 1 is 0.833 bits per heavy atom. The third-order valence-electron chi connectivity index (χ3n) is 8.18. The van der Waals surface area contributed by atoms with E-state index >= 15 is 0 Å². The molecule has 0 radical (unpaired) electrons. The van der Waals surface area contributed by atoms with Crippen LogP contribution in [0.5, 0.6) is 5.75 Å². The average molecular weight is 411 g/mol. The van der Waals surface area contributed by atoms with Crippen molar-refractivity contribution in [1.29, 1.82) is 0 Å². The maximum atomic E-state index is 14.6. The maximum absolute atomic E-state index is 14.6. The topological polar surface area (TPSA) is 20.2 Å². The van der Waals surface area contributed by atoms with Crippen molar-refractivity contribution >= 4 is 10.8 Å². The summed E-state index contributed by atoms with van der Waals surface area (Å²) in [5.74, 6) is 3.25. The van der Waals surface area contributed by atoms with Crippen molar-refractivity contribution in [2.24, 2.45) is 17.8 Å². The highest BCUT2D eigenvalue weighted by atomic mass is 19.1. The van der Waals surface area contributed by atoms with E-state index in [-0.39, 0.29) is 11.6 Å². The van der Waals surface area contributed by atoms with Crippen LogP contribution < -0.4 is 0 Å². The lowest BCUT2D eigenvalue weighted by molar-refractivity contribution is 0.155. The van der Waals surface area contributed by atoms with Crippen LogP contribution in [0.15, 0.2) is 30.3 Å². The number of rotatable bonds is 7. The Balaban J connectivity index is 1.27. The molecule has 164 valence electrons. The highest BCUT2D eigenvalue weighted by Crippen LogP contribution is 2.45. The number of phenols is 1. The molecular formula is C28H39FO. The first-order valence-corrected chi connectivity index (χ1v) is 12.6. The summed E-state index contributed by atoms with van der Waals surface area (Å²) in [6, 6.07) is 8.89. The lowest BCUT2D eigenvalue weighted by Crippen LogP contribution is -2.25. The number of hydrogen-bond acceptors (Lipinski definition) is 1. The van der Waals surface area contributed by atoms with E-state index in [1.54, 1.807) is 12.1 Å². The van der Waals surface area contributed by atoms with Crippen LogP contribution in [0, 0.1) is 23.6 Å². The Kier molecular flexibility index (Phi) is 7.33. The van der Waals surface area contributed by atoms with Gasteiger partial charge in [-0.1, -0.05) is 64.0 Å². The first kappa shape index (κ1) is 21.7. The number of fused-ring (bicyclic) bond motifs is 1. The highest BCUT2D eigenvalue weighted by Gasteiger charge is 2.31. The van der Waals surface area contributed by atoms with E-state index < -0.39 is 0 Å². The number of unbranched alkanes of at least 4 members (excludes halogenated alkanes) is 3. The molecule has 30 heavy (non-hydrogen) atoms. The second kappa shape index (κ2) is 10.2. The summed E-state index contributed by atoms with van der Waals surface area (Å²) in [5, 5.41) is 11.1. The van der Waals surface area contributed by atoms with Crippen LogP contribution in [-0.4, -0.2) is 5.11 Å². The number of phenolic OH excluding ortho intramolecular Hbond substituents is 1. The maximum Gasteiger partial charge on any atom is 0.131 e. The molecule has 2 aromatic carbocycles. The molecule has 2 aliphatic carbocycles. The molecule has 1 N–H and O–H groups in total. The highest BCUT2D eigenvalue weighted by molar-refractivity contribution is 5.85. The van der Waals surface area contributed by atoms with Gasteiger partial charge in [0.1, 0.15) is 11.6 Å². The van der Waals surface area contributed by atoms with Crippen LogP contribution in [0.1, 0.15) is 102 Å². The minimum absolute atomic E-state index is 0.130. The van der Waals surface area contributed by atoms with Gasteiger partial charge in [-0.25, -0.2) is 4.39 Å². The van der Waals surface area contributed by atoms with Gasteiger partial charge in [0, 0.05) is 5.39 Å². The van der Waals surface area contributed by atoms with Gasteiger partial charge in [0.2, 0.25) is 0 Å². The Hall–Kier alpha value is -1.57. The molecule has 2 aromatic rings. The quantitative estimate of drug-likeness (QED) is 0.452. The van der Waals surface area contributed by atoms with Crippen LogP contribution in [0.3, 0.4) is 0 Å². The van der Waals surface area contributed by atoms with Crippen molar-refractivity contribution in [2.75, 3.05) is 0 Å². The predicted octanol–water partition coefficient (Wildman–Crippen LogP) is 8.74. The van der Waals surface area contributed by atoms with E-state index in [1.807, 2.05) is 6.07 Å². The van der Waals surface area contributed by atoms with Crippen LogP contribution >= 0.6 is 0 Å². The first-order chi connectivity index (χ1) is 14.6. The van der Waals surface area contributed by atoms with E-state index in [4.69, 9.17) is 0 Å². The van der Waals surface area contributed by atoms with E-state index in [2.05, 4.69) is 13.0 Å². The lowest BCUT2D eigenvalue weighted by atomic mass is 9.68. The normalized spacial score (nSPS) is 27.4. The molecule has 0 saturated heterocycles. The minimum Gasteiger partial charge on any atom is -0.508 e. The molecule has 2 fully saturated rings. The molecule has 0 aliphatic heterocycles. The van der Waals surface area contributed by atoms with Gasteiger partial charge < -0.3 is 5.11 Å². The summed E-state index contributed by atoms with van der Waals surface area (Å²) in [5.41, 5.74) is 1.15. The minimum atomic E-state index is -0.196. The van der Waals surface area contributed by atoms with Crippen LogP contribution in [0.4, 0.5) is 4.39 Å². The fourth-order valence-corrected chi connectivity index (χ4v) is 6.29. The number of hydrogen-bond donors (Lipinski definition) is 1. The van der Waals surface area contributed by atoms with Crippen molar-refractivity contribution < 1.29 is 9.50 Å². The van der Waals surface area contributed by atoms with Crippen molar-refractivity contribution in [3.8, 4) is 5.75 Å². The smallest absolute Gasteiger partial charge is 0.131 e. The molecule has 4 rings (SSSR count). The third kappa shape index (κ3) is 5.18. The summed E-state index contributed by atoms with van der Waals surface area (Å²) in [4.78, 5) is 0. The molecule has 0 spiro atoms. The fraction of sp³-hybridized carbons (Fsp3) is 0.643. The molecular weight excluding hydrogens is 371 g/mol.